The molecule has 19 heavy (non-hydrogen) atoms. The zero-order valence-electron chi connectivity index (χ0n) is 10.6. The molecule has 0 unspecified atom stereocenters. The number of hydrogen-bond donors (Lipinski definition) is 1. The van der Waals surface area contributed by atoms with Gasteiger partial charge in [-0.15, -0.1) is 5.10 Å². The van der Waals surface area contributed by atoms with Crippen LogP contribution in [0.4, 0.5) is 0 Å². The fourth-order valence-corrected chi connectivity index (χ4v) is 1.69. The normalized spacial score (nSPS) is 10.6. The number of aliphatic carboxylic acids is 1. The Kier molecular flexibility index (Phi) is 4.25. The molecule has 0 saturated heterocycles. The van der Waals surface area contributed by atoms with Crippen LogP contribution in [0.1, 0.15) is 12.0 Å². The minimum Gasteiger partial charge on any atom is -0.481 e. The van der Waals surface area contributed by atoms with Gasteiger partial charge in [0.05, 0.1) is 0 Å². The standard InChI is InChI=1S/C13H15N3O3/c1-19-9-16-8-14-13(15-16)11-5-2-10(3-6-11)4-7-12(17)18/h2-3,5-6,8H,4,7,9H2,1H3,(H,17,18). The fraction of sp³-hybridized carbons (Fsp3) is 0.308. The molecule has 0 aliphatic rings. The van der Waals surface area contributed by atoms with Gasteiger partial charge in [0, 0.05) is 19.1 Å². The van der Waals surface area contributed by atoms with E-state index in [0.717, 1.165) is 11.1 Å². The van der Waals surface area contributed by atoms with Gasteiger partial charge >= 0.3 is 5.97 Å². The zero-order valence-corrected chi connectivity index (χ0v) is 10.6. The van der Waals surface area contributed by atoms with Gasteiger partial charge in [0.2, 0.25) is 0 Å². The molecule has 0 spiro atoms. The highest BCUT2D eigenvalue weighted by molar-refractivity contribution is 5.67. The Morgan fingerprint density at radius 2 is 2.11 bits per heavy atom. The summed E-state index contributed by atoms with van der Waals surface area (Å²) in [6, 6.07) is 7.58. The van der Waals surface area contributed by atoms with Crippen LogP contribution in [-0.2, 0) is 22.7 Å². The van der Waals surface area contributed by atoms with Crippen molar-refractivity contribution in [3.05, 3.63) is 36.2 Å². The van der Waals surface area contributed by atoms with E-state index in [2.05, 4.69) is 10.1 Å². The number of carboxylic acid groups (broad SMARTS) is 1. The van der Waals surface area contributed by atoms with Gasteiger partial charge in [0.15, 0.2) is 5.82 Å². The van der Waals surface area contributed by atoms with Crippen molar-refractivity contribution >= 4 is 5.97 Å². The topological polar surface area (TPSA) is 77.2 Å². The van der Waals surface area contributed by atoms with Crippen molar-refractivity contribution in [2.45, 2.75) is 19.6 Å². The van der Waals surface area contributed by atoms with Crippen LogP contribution in [0.3, 0.4) is 0 Å². The lowest BCUT2D eigenvalue weighted by molar-refractivity contribution is -0.136. The molecule has 1 aromatic carbocycles. The van der Waals surface area contributed by atoms with E-state index in [-0.39, 0.29) is 6.42 Å². The largest absolute Gasteiger partial charge is 0.481 e. The Bertz CT molecular complexity index is 549. The van der Waals surface area contributed by atoms with E-state index >= 15 is 0 Å². The molecule has 0 aliphatic carbocycles. The third kappa shape index (κ3) is 3.62. The van der Waals surface area contributed by atoms with Crippen molar-refractivity contribution in [2.75, 3.05) is 7.11 Å². The number of nitrogens with zero attached hydrogens (tertiary/aromatic N) is 3. The van der Waals surface area contributed by atoms with Gasteiger partial charge in [-0.1, -0.05) is 24.3 Å². The molecule has 100 valence electrons. The van der Waals surface area contributed by atoms with E-state index in [9.17, 15) is 4.79 Å². The van der Waals surface area contributed by atoms with Gasteiger partial charge in [-0.3, -0.25) is 4.79 Å². The highest BCUT2D eigenvalue weighted by Gasteiger charge is 2.05. The van der Waals surface area contributed by atoms with Crippen molar-refractivity contribution in [3.8, 4) is 11.4 Å². The first-order chi connectivity index (χ1) is 9.19. The van der Waals surface area contributed by atoms with Crippen LogP contribution in [0.5, 0.6) is 0 Å². The molecule has 2 aromatic rings. The first-order valence-electron chi connectivity index (χ1n) is 5.88. The molecule has 0 amide bonds. The summed E-state index contributed by atoms with van der Waals surface area (Å²) >= 11 is 0. The second kappa shape index (κ2) is 6.10. The van der Waals surface area contributed by atoms with Crippen LogP contribution < -0.4 is 0 Å². The molecule has 2 rings (SSSR count). The number of ether oxygens (including phenoxy) is 1. The molecule has 0 aliphatic heterocycles. The zero-order chi connectivity index (χ0) is 13.7. The van der Waals surface area contributed by atoms with E-state index in [1.807, 2.05) is 24.3 Å². The second-order valence-electron chi connectivity index (χ2n) is 4.12. The number of carbonyl (C=O) groups is 1. The van der Waals surface area contributed by atoms with Crippen molar-refractivity contribution < 1.29 is 14.6 Å². The maximum Gasteiger partial charge on any atom is 0.303 e. The predicted octanol–water partition coefficient (Wildman–Crippen LogP) is 1.57. The van der Waals surface area contributed by atoms with E-state index < -0.39 is 5.97 Å². The fourth-order valence-electron chi connectivity index (χ4n) is 1.69. The van der Waals surface area contributed by atoms with E-state index in [4.69, 9.17) is 9.84 Å². The number of carboxylic acids is 1. The number of rotatable bonds is 6. The van der Waals surface area contributed by atoms with Crippen molar-refractivity contribution in [1.82, 2.24) is 14.8 Å². The van der Waals surface area contributed by atoms with Gasteiger partial charge in [-0.25, -0.2) is 9.67 Å². The van der Waals surface area contributed by atoms with Crippen LogP contribution in [0, 0.1) is 0 Å². The quantitative estimate of drug-likeness (QED) is 0.854. The lowest BCUT2D eigenvalue weighted by Gasteiger charge is -2.00. The number of hydrogen-bond acceptors (Lipinski definition) is 4. The maximum absolute atomic E-state index is 10.5. The monoisotopic (exact) mass is 261 g/mol. The Balaban J connectivity index is 2.06. The smallest absolute Gasteiger partial charge is 0.303 e. The van der Waals surface area contributed by atoms with Crippen LogP contribution in [-0.4, -0.2) is 33.0 Å². The lowest BCUT2D eigenvalue weighted by atomic mass is 10.1. The Hall–Kier alpha value is -2.21. The second-order valence-corrected chi connectivity index (χ2v) is 4.12. The number of aryl methyl sites for hydroxylation is 1. The summed E-state index contributed by atoms with van der Waals surface area (Å²) in [5, 5.41) is 12.9. The van der Waals surface area contributed by atoms with Gasteiger partial charge in [0.1, 0.15) is 13.1 Å². The summed E-state index contributed by atoms with van der Waals surface area (Å²) in [7, 11) is 1.60. The minimum atomic E-state index is -0.788. The number of aromatic nitrogens is 3. The lowest BCUT2D eigenvalue weighted by Crippen LogP contribution is -2.00. The van der Waals surface area contributed by atoms with Crippen LogP contribution >= 0.6 is 0 Å². The van der Waals surface area contributed by atoms with Crippen LogP contribution in [0.2, 0.25) is 0 Å². The molecule has 0 fully saturated rings. The first-order valence-corrected chi connectivity index (χ1v) is 5.88. The average molecular weight is 261 g/mol. The van der Waals surface area contributed by atoms with Gasteiger partial charge < -0.3 is 9.84 Å². The Morgan fingerprint density at radius 1 is 1.37 bits per heavy atom. The molecule has 0 atom stereocenters. The highest BCUT2D eigenvalue weighted by Crippen LogP contribution is 2.16. The molecule has 0 bridgehead atoms. The first kappa shape index (κ1) is 13.2. The van der Waals surface area contributed by atoms with Gasteiger partial charge in [0.25, 0.3) is 0 Å². The summed E-state index contributed by atoms with van der Waals surface area (Å²) in [5.74, 6) is -0.161. The number of benzene rings is 1. The minimum absolute atomic E-state index is 0.139. The van der Waals surface area contributed by atoms with E-state index in [1.54, 1.807) is 18.1 Å². The highest BCUT2D eigenvalue weighted by atomic mass is 16.5. The summed E-state index contributed by atoms with van der Waals surface area (Å²) in [6.07, 6.45) is 2.28. The predicted molar refractivity (Wildman–Crippen MR) is 68.4 cm³/mol. The molecular weight excluding hydrogens is 246 g/mol. The molecule has 0 radical (unpaired) electrons. The van der Waals surface area contributed by atoms with Crippen LogP contribution in [0.25, 0.3) is 11.4 Å². The number of methoxy groups -OCH3 is 1. The van der Waals surface area contributed by atoms with Gasteiger partial charge in [-0.2, -0.15) is 0 Å². The molecular formula is C13H15N3O3. The van der Waals surface area contributed by atoms with E-state index in [0.29, 0.717) is 19.0 Å². The molecule has 6 heteroatoms. The maximum atomic E-state index is 10.5. The average Bonchev–Trinajstić information content (AvgIpc) is 2.86. The Labute approximate surface area is 110 Å². The van der Waals surface area contributed by atoms with E-state index in [1.165, 1.54) is 0 Å². The third-order valence-electron chi connectivity index (χ3n) is 2.64. The molecule has 6 nitrogen and oxygen atoms in total. The van der Waals surface area contributed by atoms with Gasteiger partial charge in [-0.05, 0) is 12.0 Å². The molecule has 0 saturated carbocycles. The summed E-state index contributed by atoms with van der Waals surface area (Å²) in [6.45, 7) is 0.365. The summed E-state index contributed by atoms with van der Waals surface area (Å²) in [5.41, 5.74) is 1.89. The Morgan fingerprint density at radius 3 is 2.74 bits per heavy atom. The molecule has 1 N–H and O–H groups in total. The summed E-state index contributed by atoms with van der Waals surface area (Å²) in [4.78, 5) is 14.7. The third-order valence-corrected chi connectivity index (χ3v) is 2.64. The van der Waals surface area contributed by atoms with Crippen LogP contribution in [0.15, 0.2) is 30.6 Å². The molecule has 1 aromatic heterocycles. The van der Waals surface area contributed by atoms with Crippen molar-refractivity contribution in [3.63, 3.8) is 0 Å². The summed E-state index contributed by atoms with van der Waals surface area (Å²) < 4.78 is 6.56. The SMILES string of the molecule is COCn1cnc(-c2ccc(CCC(=O)O)cc2)n1. The van der Waals surface area contributed by atoms with Crippen molar-refractivity contribution in [2.24, 2.45) is 0 Å². The van der Waals surface area contributed by atoms with Crippen molar-refractivity contribution in [1.29, 1.82) is 0 Å². The molecule has 1 heterocycles.